The summed E-state index contributed by atoms with van der Waals surface area (Å²) in [6, 6.07) is 10.6. The van der Waals surface area contributed by atoms with Gasteiger partial charge in [-0.1, -0.05) is 6.07 Å². The second-order valence-electron chi connectivity index (χ2n) is 3.92. The lowest BCUT2D eigenvalue weighted by atomic mass is 10.3. The minimum Gasteiger partial charge on any atom is -0.508 e. The first kappa shape index (κ1) is 14.4. The van der Waals surface area contributed by atoms with Crippen molar-refractivity contribution in [3.63, 3.8) is 0 Å². The van der Waals surface area contributed by atoms with Gasteiger partial charge in [0.1, 0.15) is 16.8 Å². The highest BCUT2D eigenvalue weighted by atomic mass is 32.2. The minimum atomic E-state index is -0.114. The molecular formula is C14H12N2O2S2. The highest BCUT2D eigenvalue weighted by Crippen LogP contribution is 2.24. The van der Waals surface area contributed by atoms with Gasteiger partial charge in [-0.3, -0.25) is 4.79 Å². The van der Waals surface area contributed by atoms with Crippen LogP contribution in [0.1, 0.15) is 12.0 Å². The second-order valence-corrected chi connectivity index (χ2v) is 6.00. The molecule has 0 bridgehead atoms. The second kappa shape index (κ2) is 6.98. The Labute approximate surface area is 125 Å². The fourth-order valence-corrected chi connectivity index (χ4v) is 3.17. The van der Waals surface area contributed by atoms with Gasteiger partial charge in [-0.2, -0.15) is 5.26 Å². The Kier molecular flexibility index (Phi) is 5.04. The molecule has 1 aromatic heterocycles. The quantitative estimate of drug-likeness (QED) is 0.830. The molecule has 0 aliphatic carbocycles. The van der Waals surface area contributed by atoms with E-state index in [0.717, 1.165) is 4.90 Å². The Hall–Kier alpha value is -1.97. The van der Waals surface area contributed by atoms with Crippen molar-refractivity contribution < 1.29 is 9.90 Å². The summed E-state index contributed by atoms with van der Waals surface area (Å²) in [4.78, 5) is 12.7. The summed E-state index contributed by atoms with van der Waals surface area (Å²) in [6.45, 7) is 0. The number of anilines is 1. The van der Waals surface area contributed by atoms with Gasteiger partial charge in [0.15, 0.2) is 0 Å². The van der Waals surface area contributed by atoms with Crippen molar-refractivity contribution in [2.45, 2.75) is 11.3 Å². The van der Waals surface area contributed by atoms with E-state index in [1.54, 1.807) is 29.6 Å². The first-order chi connectivity index (χ1) is 9.69. The maximum Gasteiger partial charge on any atom is 0.225 e. The molecule has 0 unspecified atom stereocenters. The normalized spacial score (nSPS) is 9.95. The van der Waals surface area contributed by atoms with E-state index >= 15 is 0 Å². The van der Waals surface area contributed by atoms with E-state index < -0.39 is 0 Å². The Morgan fingerprint density at radius 1 is 1.45 bits per heavy atom. The highest BCUT2D eigenvalue weighted by molar-refractivity contribution is 7.99. The molecule has 1 aromatic carbocycles. The Morgan fingerprint density at radius 3 is 3.05 bits per heavy atom. The summed E-state index contributed by atoms with van der Waals surface area (Å²) >= 11 is 2.84. The molecule has 0 aliphatic rings. The lowest BCUT2D eigenvalue weighted by molar-refractivity contribution is -0.115. The molecule has 20 heavy (non-hydrogen) atoms. The number of phenolic OH excluding ortho intramolecular Hbond substituents is 1. The molecule has 0 saturated carbocycles. The number of nitrogens with zero attached hydrogens (tertiary/aromatic N) is 1. The van der Waals surface area contributed by atoms with Crippen LogP contribution in [0.15, 0.2) is 40.6 Å². The molecule has 0 atom stereocenters. The number of hydrogen-bond donors (Lipinski definition) is 2. The van der Waals surface area contributed by atoms with Gasteiger partial charge in [-0.25, -0.2) is 0 Å². The van der Waals surface area contributed by atoms with Crippen LogP contribution >= 0.6 is 23.1 Å². The third-order valence-electron chi connectivity index (χ3n) is 2.45. The first-order valence-corrected chi connectivity index (χ1v) is 7.75. The Morgan fingerprint density at radius 2 is 2.30 bits per heavy atom. The zero-order valence-electron chi connectivity index (χ0n) is 10.5. The maximum absolute atomic E-state index is 11.8. The van der Waals surface area contributed by atoms with E-state index in [0.29, 0.717) is 22.7 Å². The molecule has 1 amide bonds. The monoisotopic (exact) mass is 304 g/mol. The van der Waals surface area contributed by atoms with Gasteiger partial charge in [-0.15, -0.1) is 23.1 Å². The highest BCUT2D eigenvalue weighted by Gasteiger charge is 2.08. The van der Waals surface area contributed by atoms with Crippen LogP contribution in [0.2, 0.25) is 0 Å². The molecule has 1 heterocycles. The smallest absolute Gasteiger partial charge is 0.225 e. The molecule has 102 valence electrons. The number of benzene rings is 1. The summed E-state index contributed by atoms with van der Waals surface area (Å²) in [5.41, 5.74) is 0.490. The van der Waals surface area contributed by atoms with Crippen LogP contribution in [0.3, 0.4) is 0 Å². The number of rotatable bonds is 5. The third kappa shape index (κ3) is 4.02. The average molecular weight is 304 g/mol. The SMILES string of the molecule is N#Cc1ccsc1NC(=O)CCSc1cccc(O)c1. The number of thiophene rings is 1. The van der Waals surface area contributed by atoms with Gasteiger partial charge in [0.25, 0.3) is 0 Å². The molecule has 0 radical (unpaired) electrons. The molecule has 0 fully saturated rings. The van der Waals surface area contributed by atoms with Crippen molar-refractivity contribution in [2.75, 3.05) is 11.1 Å². The van der Waals surface area contributed by atoms with Crippen LogP contribution in [-0.4, -0.2) is 16.8 Å². The summed E-state index contributed by atoms with van der Waals surface area (Å²) in [6.07, 6.45) is 0.350. The lowest BCUT2D eigenvalue weighted by Crippen LogP contribution is -2.11. The molecule has 2 N–H and O–H groups in total. The van der Waals surface area contributed by atoms with Gasteiger partial charge >= 0.3 is 0 Å². The Balaban J connectivity index is 1.80. The van der Waals surface area contributed by atoms with Crippen LogP contribution in [0.25, 0.3) is 0 Å². The third-order valence-corrected chi connectivity index (χ3v) is 4.28. The average Bonchev–Trinajstić information content (AvgIpc) is 2.86. The molecule has 4 nitrogen and oxygen atoms in total. The summed E-state index contributed by atoms with van der Waals surface area (Å²) in [7, 11) is 0. The fourth-order valence-electron chi connectivity index (χ4n) is 1.52. The number of nitrogens with one attached hydrogen (secondary N) is 1. The largest absolute Gasteiger partial charge is 0.508 e. The summed E-state index contributed by atoms with van der Waals surface area (Å²) < 4.78 is 0. The van der Waals surface area contributed by atoms with Gasteiger partial charge in [0, 0.05) is 17.1 Å². The van der Waals surface area contributed by atoms with E-state index in [2.05, 4.69) is 5.32 Å². The van der Waals surface area contributed by atoms with E-state index in [1.165, 1.54) is 23.1 Å². The summed E-state index contributed by atoms with van der Waals surface area (Å²) in [5, 5.41) is 23.3. The number of phenols is 1. The van der Waals surface area contributed by atoms with Gasteiger partial charge in [0.2, 0.25) is 5.91 Å². The molecule has 2 aromatic rings. The van der Waals surface area contributed by atoms with Crippen molar-refractivity contribution in [3.8, 4) is 11.8 Å². The molecular weight excluding hydrogens is 292 g/mol. The Bertz CT molecular complexity index is 647. The number of aromatic hydroxyl groups is 1. The van der Waals surface area contributed by atoms with E-state index in [9.17, 15) is 9.90 Å². The number of carbonyl (C=O) groups excluding carboxylic acids is 1. The van der Waals surface area contributed by atoms with Crippen LogP contribution in [0.5, 0.6) is 5.75 Å². The van der Waals surface area contributed by atoms with Crippen LogP contribution in [0, 0.1) is 11.3 Å². The predicted octanol–water partition coefficient (Wildman–Crippen LogP) is 3.45. The fraction of sp³-hybridized carbons (Fsp3) is 0.143. The number of nitriles is 1. The zero-order valence-corrected chi connectivity index (χ0v) is 12.1. The number of amides is 1. The van der Waals surface area contributed by atoms with Crippen molar-refractivity contribution >= 4 is 34.0 Å². The lowest BCUT2D eigenvalue weighted by Gasteiger charge is -2.04. The zero-order chi connectivity index (χ0) is 14.4. The molecule has 0 saturated heterocycles. The van der Waals surface area contributed by atoms with Gasteiger partial charge < -0.3 is 10.4 Å². The predicted molar refractivity (Wildman–Crippen MR) is 81.1 cm³/mol. The van der Waals surface area contributed by atoms with Crippen molar-refractivity contribution in [1.82, 2.24) is 0 Å². The molecule has 2 rings (SSSR count). The van der Waals surface area contributed by atoms with Crippen LogP contribution < -0.4 is 5.32 Å². The van der Waals surface area contributed by atoms with E-state index in [-0.39, 0.29) is 11.7 Å². The molecule has 0 spiro atoms. The van der Waals surface area contributed by atoms with Crippen molar-refractivity contribution in [2.24, 2.45) is 0 Å². The van der Waals surface area contributed by atoms with E-state index in [1.807, 2.05) is 12.1 Å². The first-order valence-electron chi connectivity index (χ1n) is 5.88. The van der Waals surface area contributed by atoms with Crippen LogP contribution in [0.4, 0.5) is 5.00 Å². The standard InChI is InChI=1S/C14H12N2O2S2/c15-9-10-4-6-20-14(10)16-13(18)5-7-19-12-3-1-2-11(17)8-12/h1-4,6,8,17H,5,7H2,(H,16,18). The van der Waals surface area contributed by atoms with Gasteiger partial charge in [-0.05, 0) is 29.6 Å². The van der Waals surface area contributed by atoms with E-state index in [4.69, 9.17) is 5.26 Å². The minimum absolute atomic E-state index is 0.114. The van der Waals surface area contributed by atoms with Gasteiger partial charge in [0.05, 0.1) is 5.56 Å². The van der Waals surface area contributed by atoms with Crippen molar-refractivity contribution in [3.05, 3.63) is 41.3 Å². The number of carbonyl (C=O) groups is 1. The maximum atomic E-state index is 11.8. The van der Waals surface area contributed by atoms with Crippen LogP contribution in [-0.2, 0) is 4.79 Å². The molecule has 0 aliphatic heterocycles. The summed E-state index contributed by atoms with van der Waals surface area (Å²) in [5.74, 6) is 0.719. The number of hydrogen-bond acceptors (Lipinski definition) is 5. The van der Waals surface area contributed by atoms with Crippen molar-refractivity contribution in [1.29, 1.82) is 5.26 Å². The topological polar surface area (TPSA) is 73.1 Å². The molecule has 6 heteroatoms. The number of thioether (sulfide) groups is 1.